The first-order chi connectivity index (χ1) is 5.93. The van der Waals surface area contributed by atoms with Crippen LogP contribution in [0.4, 0.5) is 13.2 Å². The number of hydrogen-bond donors (Lipinski definition) is 1. The first-order valence-electron chi connectivity index (χ1n) is 3.72. The summed E-state index contributed by atoms with van der Waals surface area (Å²) in [4.78, 5) is 0. The minimum atomic E-state index is -4.26. The molecule has 0 atom stereocenters. The Morgan fingerprint density at radius 1 is 1.23 bits per heavy atom. The minimum absolute atomic E-state index is 0.324. The Bertz CT molecular complexity index is 304. The van der Waals surface area contributed by atoms with Crippen molar-refractivity contribution in [3.63, 3.8) is 0 Å². The van der Waals surface area contributed by atoms with Crippen LogP contribution >= 0.6 is 12.6 Å². The molecule has 0 amide bonds. The van der Waals surface area contributed by atoms with E-state index in [2.05, 4.69) is 12.6 Å². The second-order valence-corrected chi connectivity index (χ2v) is 3.18. The molecule has 0 saturated heterocycles. The van der Waals surface area contributed by atoms with Crippen LogP contribution in [0.5, 0.6) is 0 Å². The Balaban J connectivity index is 3.16. The van der Waals surface area contributed by atoms with E-state index in [1.165, 1.54) is 0 Å². The van der Waals surface area contributed by atoms with Crippen LogP contribution in [0.15, 0.2) is 18.2 Å². The lowest BCUT2D eigenvalue weighted by Crippen LogP contribution is -2.05. The highest BCUT2D eigenvalue weighted by atomic mass is 32.1. The monoisotopic (exact) mass is 206 g/mol. The first-order valence-corrected chi connectivity index (χ1v) is 4.35. The van der Waals surface area contributed by atoms with Gasteiger partial charge in [-0.25, -0.2) is 0 Å². The third-order valence-electron chi connectivity index (χ3n) is 1.65. The molecule has 0 radical (unpaired) electrons. The van der Waals surface area contributed by atoms with E-state index < -0.39 is 11.7 Å². The summed E-state index contributed by atoms with van der Waals surface area (Å²) in [5.41, 5.74) is 0.603. The van der Waals surface area contributed by atoms with Gasteiger partial charge in [-0.1, -0.05) is 11.6 Å². The van der Waals surface area contributed by atoms with Crippen LogP contribution in [0.25, 0.3) is 0 Å². The van der Waals surface area contributed by atoms with Crippen LogP contribution in [0, 0.1) is 6.92 Å². The topological polar surface area (TPSA) is 0 Å². The van der Waals surface area contributed by atoms with Crippen molar-refractivity contribution in [3.05, 3.63) is 34.9 Å². The second-order valence-electron chi connectivity index (χ2n) is 2.86. The molecule has 72 valence electrons. The highest BCUT2D eigenvalue weighted by Gasteiger charge is 2.30. The van der Waals surface area contributed by atoms with Gasteiger partial charge in [0.25, 0.3) is 0 Å². The van der Waals surface area contributed by atoms with Gasteiger partial charge in [-0.3, -0.25) is 0 Å². The number of alkyl halides is 3. The maximum Gasteiger partial charge on any atom is 0.416 e. The largest absolute Gasteiger partial charge is 0.416 e. The van der Waals surface area contributed by atoms with E-state index in [9.17, 15) is 13.2 Å². The Morgan fingerprint density at radius 2 is 1.85 bits per heavy atom. The van der Waals surface area contributed by atoms with Gasteiger partial charge in [-0.2, -0.15) is 25.8 Å². The molecule has 0 heterocycles. The lowest BCUT2D eigenvalue weighted by Gasteiger charge is -2.09. The zero-order chi connectivity index (χ0) is 10.1. The van der Waals surface area contributed by atoms with E-state index in [0.717, 1.165) is 12.1 Å². The molecule has 1 rings (SSSR count). The first kappa shape index (κ1) is 10.4. The fourth-order valence-corrected chi connectivity index (χ4v) is 1.30. The van der Waals surface area contributed by atoms with Crippen LogP contribution in [-0.4, -0.2) is 0 Å². The molecule has 0 N–H and O–H groups in total. The van der Waals surface area contributed by atoms with Crippen LogP contribution in [0.1, 0.15) is 16.7 Å². The SMILES string of the molecule is Cc1cc(CS)cc(C(F)(F)F)c1. The molecule has 0 aliphatic heterocycles. The van der Waals surface area contributed by atoms with Crippen LogP contribution < -0.4 is 0 Å². The van der Waals surface area contributed by atoms with Gasteiger partial charge in [0.05, 0.1) is 5.56 Å². The Hall–Kier alpha value is -0.640. The third-order valence-corrected chi connectivity index (χ3v) is 2.01. The van der Waals surface area contributed by atoms with Crippen molar-refractivity contribution in [2.75, 3.05) is 0 Å². The number of aryl methyl sites for hydroxylation is 1. The summed E-state index contributed by atoms with van der Waals surface area (Å²) >= 11 is 3.93. The van der Waals surface area contributed by atoms with Crippen molar-refractivity contribution in [2.24, 2.45) is 0 Å². The fourth-order valence-electron chi connectivity index (χ4n) is 1.12. The molecular formula is C9H9F3S. The standard InChI is InChI=1S/C9H9F3S/c1-6-2-7(5-13)4-8(3-6)9(10,11)12/h2-4,13H,5H2,1H3. The fraction of sp³-hybridized carbons (Fsp3) is 0.333. The predicted octanol–water partition coefficient (Wildman–Crippen LogP) is 3.44. The summed E-state index contributed by atoms with van der Waals surface area (Å²) < 4.78 is 36.8. The van der Waals surface area contributed by atoms with Crippen molar-refractivity contribution < 1.29 is 13.2 Å². The number of rotatable bonds is 1. The average molecular weight is 206 g/mol. The van der Waals surface area contributed by atoms with Crippen LogP contribution in [0.2, 0.25) is 0 Å². The molecule has 13 heavy (non-hydrogen) atoms. The van der Waals surface area contributed by atoms with Gasteiger partial charge in [0, 0.05) is 5.75 Å². The summed E-state index contributed by atoms with van der Waals surface area (Å²) in [6, 6.07) is 3.95. The Labute approximate surface area is 80.2 Å². The molecule has 0 unspecified atom stereocenters. The molecule has 1 aromatic rings. The summed E-state index contributed by atoms with van der Waals surface area (Å²) in [6.45, 7) is 1.64. The number of hydrogen-bond acceptors (Lipinski definition) is 1. The zero-order valence-corrected chi connectivity index (χ0v) is 7.91. The van der Waals surface area contributed by atoms with Crippen molar-refractivity contribution in [2.45, 2.75) is 18.9 Å². The second kappa shape index (κ2) is 3.62. The van der Waals surface area contributed by atoms with Crippen molar-refractivity contribution >= 4 is 12.6 Å². The highest BCUT2D eigenvalue weighted by Crippen LogP contribution is 2.30. The lowest BCUT2D eigenvalue weighted by molar-refractivity contribution is -0.137. The number of thiol groups is 1. The molecule has 0 aliphatic rings. The maximum atomic E-state index is 12.3. The van der Waals surface area contributed by atoms with Crippen LogP contribution in [-0.2, 0) is 11.9 Å². The molecule has 0 spiro atoms. The van der Waals surface area contributed by atoms with Gasteiger partial charge in [-0.15, -0.1) is 0 Å². The summed E-state index contributed by atoms with van der Waals surface area (Å²) in [6.07, 6.45) is -4.26. The van der Waals surface area contributed by atoms with Crippen molar-refractivity contribution in [3.8, 4) is 0 Å². The quantitative estimate of drug-likeness (QED) is 0.668. The van der Waals surface area contributed by atoms with Gasteiger partial charge < -0.3 is 0 Å². The van der Waals surface area contributed by atoms with E-state index in [4.69, 9.17) is 0 Å². The molecule has 0 bridgehead atoms. The maximum absolute atomic E-state index is 12.3. The van der Waals surface area contributed by atoms with Gasteiger partial charge >= 0.3 is 6.18 Å². The molecule has 0 nitrogen and oxygen atoms in total. The molecule has 0 aromatic heterocycles. The smallest absolute Gasteiger partial charge is 0.175 e. The zero-order valence-electron chi connectivity index (χ0n) is 7.02. The predicted molar refractivity (Wildman–Crippen MR) is 48.9 cm³/mol. The van der Waals surface area contributed by atoms with E-state index >= 15 is 0 Å². The normalized spacial score (nSPS) is 11.8. The molecule has 0 aliphatic carbocycles. The van der Waals surface area contributed by atoms with E-state index in [0.29, 0.717) is 16.9 Å². The van der Waals surface area contributed by atoms with E-state index in [-0.39, 0.29) is 0 Å². The molecule has 1 aromatic carbocycles. The van der Waals surface area contributed by atoms with Crippen molar-refractivity contribution in [1.82, 2.24) is 0 Å². The molecule has 4 heteroatoms. The number of benzene rings is 1. The molecule has 0 saturated carbocycles. The Kier molecular flexibility index (Phi) is 2.91. The van der Waals surface area contributed by atoms with Gasteiger partial charge in [0.2, 0.25) is 0 Å². The van der Waals surface area contributed by atoms with Crippen LogP contribution in [0.3, 0.4) is 0 Å². The van der Waals surface area contributed by atoms with Crippen molar-refractivity contribution in [1.29, 1.82) is 0 Å². The van der Waals surface area contributed by atoms with Gasteiger partial charge in [0.15, 0.2) is 0 Å². The third kappa shape index (κ3) is 2.66. The Morgan fingerprint density at radius 3 is 2.31 bits per heavy atom. The lowest BCUT2D eigenvalue weighted by atomic mass is 10.1. The highest BCUT2D eigenvalue weighted by molar-refractivity contribution is 7.79. The number of halogens is 3. The summed E-state index contributed by atoms with van der Waals surface area (Å²) in [5.74, 6) is 0.324. The van der Waals surface area contributed by atoms with E-state index in [1.807, 2.05) is 0 Å². The summed E-state index contributed by atoms with van der Waals surface area (Å²) in [5, 5.41) is 0. The minimum Gasteiger partial charge on any atom is -0.175 e. The van der Waals surface area contributed by atoms with E-state index in [1.54, 1.807) is 13.0 Å². The van der Waals surface area contributed by atoms with Gasteiger partial charge in [-0.05, 0) is 24.6 Å². The molecule has 0 fully saturated rings. The summed E-state index contributed by atoms with van der Waals surface area (Å²) in [7, 11) is 0. The molecular weight excluding hydrogens is 197 g/mol. The average Bonchev–Trinajstić information content (AvgIpc) is 2.01. The van der Waals surface area contributed by atoms with Gasteiger partial charge in [0.1, 0.15) is 0 Å².